The first-order valence-corrected chi connectivity index (χ1v) is 7.62. The van der Waals surface area contributed by atoms with Crippen LogP contribution in [0.3, 0.4) is 0 Å². The smallest absolute Gasteiger partial charge is 0.233 e. The summed E-state index contributed by atoms with van der Waals surface area (Å²) in [6.07, 6.45) is 7.57. The molecule has 0 fully saturated rings. The minimum Gasteiger partial charge on any atom is -0.396 e. The first kappa shape index (κ1) is 15.1. The number of aromatic nitrogens is 6. The van der Waals surface area contributed by atoms with Crippen LogP contribution in [0.4, 0.5) is 0 Å². The summed E-state index contributed by atoms with van der Waals surface area (Å²) in [5, 5.41) is 8.35. The zero-order valence-corrected chi connectivity index (χ0v) is 13.5. The number of oxime groups is 1. The van der Waals surface area contributed by atoms with Crippen molar-refractivity contribution in [3.05, 3.63) is 30.6 Å². The fraction of sp³-hybridized carbons (Fsp3) is 0.400. The molecule has 0 aliphatic rings. The molecule has 0 saturated carbocycles. The van der Waals surface area contributed by atoms with Gasteiger partial charge in [-0.15, -0.1) is 0 Å². The molecule has 3 aromatic rings. The summed E-state index contributed by atoms with van der Waals surface area (Å²) in [4.78, 5) is 18.2. The topological polar surface area (TPSA) is 83.0 Å². The molecule has 3 aromatic heterocycles. The predicted molar refractivity (Wildman–Crippen MR) is 86.6 cm³/mol. The van der Waals surface area contributed by atoms with Crippen molar-refractivity contribution in [2.75, 3.05) is 6.61 Å². The van der Waals surface area contributed by atoms with Crippen LogP contribution in [0.1, 0.15) is 32.8 Å². The van der Waals surface area contributed by atoms with E-state index in [-0.39, 0.29) is 0 Å². The van der Waals surface area contributed by atoms with Crippen molar-refractivity contribution in [1.82, 2.24) is 29.3 Å². The van der Waals surface area contributed by atoms with Gasteiger partial charge >= 0.3 is 0 Å². The summed E-state index contributed by atoms with van der Waals surface area (Å²) < 4.78 is 3.72. The number of aryl methyl sites for hydroxylation is 1. The van der Waals surface area contributed by atoms with Crippen molar-refractivity contribution in [2.45, 2.75) is 33.7 Å². The van der Waals surface area contributed by atoms with Crippen LogP contribution in [0.15, 0.2) is 30.2 Å². The molecule has 0 unspecified atom stereocenters. The molecule has 3 rings (SSSR count). The van der Waals surface area contributed by atoms with E-state index in [4.69, 9.17) is 4.84 Å². The lowest BCUT2D eigenvalue weighted by molar-refractivity contribution is 0.145. The van der Waals surface area contributed by atoms with Crippen molar-refractivity contribution in [3.8, 4) is 5.95 Å². The van der Waals surface area contributed by atoms with Crippen molar-refractivity contribution >= 4 is 16.7 Å². The van der Waals surface area contributed by atoms with Crippen LogP contribution < -0.4 is 0 Å². The molecule has 0 atom stereocenters. The van der Waals surface area contributed by atoms with E-state index < -0.39 is 0 Å². The number of hydrogen-bond donors (Lipinski definition) is 0. The van der Waals surface area contributed by atoms with Crippen LogP contribution in [0.2, 0.25) is 0 Å². The maximum Gasteiger partial charge on any atom is 0.233 e. The molecule has 0 saturated heterocycles. The Bertz CT molecular complexity index is 820. The summed E-state index contributed by atoms with van der Waals surface area (Å²) in [5.41, 5.74) is 3.44. The first-order chi connectivity index (χ1) is 11.3. The highest BCUT2D eigenvalue weighted by Crippen LogP contribution is 2.22. The van der Waals surface area contributed by atoms with Gasteiger partial charge in [0.1, 0.15) is 24.8 Å². The summed E-state index contributed by atoms with van der Waals surface area (Å²) in [7, 11) is 0. The Labute approximate surface area is 133 Å². The molecule has 0 amide bonds. The third-order valence-electron chi connectivity index (χ3n) is 3.46. The second-order valence-corrected chi connectivity index (χ2v) is 5.06. The summed E-state index contributed by atoms with van der Waals surface area (Å²) in [5.74, 6) is 0.705. The van der Waals surface area contributed by atoms with Gasteiger partial charge < -0.3 is 9.40 Å². The second kappa shape index (κ2) is 6.55. The average Bonchev–Trinajstić information content (AvgIpc) is 3.21. The van der Waals surface area contributed by atoms with Gasteiger partial charge in [0.25, 0.3) is 0 Å². The third-order valence-corrected chi connectivity index (χ3v) is 3.46. The highest BCUT2D eigenvalue weighted by Gasteiger charge is 2.17. The van der Waals surface area contributed by atoms with Crippen LogP contribution in [0.5, 0.6) is 0 Å². The van der Waals surface area contributed by atoms with E-state index in [0.717, 1.165) is 35.3 Å². The largest absolute Gasteiger partial charge is 0.396 e. The van der Waals surface area contributed by atoms with Crippen LogP contribution in [0.25, 0.3) is 17.0 Å². The fourth-order valence-corrected chi connectivity index (χ4v) is 2.41. The Balaban J connectivity index is 2.15. The van der Waals surface area contributed by atoms with Gasteiger partial charge in [0.05, 0.1) is 17.4 Å². The van der Waals surface area contributed by atoms with E-state index in [0.29, 0.717) is 12.6 Å². The lowest BCUT2D eigenvalue weighted by Crippen LogP contribution is -2.08. The highest BCUT2D eigenvalue weighted by molar-refractivity contribution is 6.07. The average molecular weight is 313 g/mol. The molecule has 3 heterocycles. The van der Waals surface area contributed by atoms with E-state index in [1.165, 1.54) is 6.33 Å². The quantitative estimate of drug-likeness (QED) is 0.396. The van der Waals surface area contributed by atoms with Crippen LogP contribution in [-0.2, 0) is 11.4 Å². The minimum absolute atomic E-state index is 0.595. The van der Waals surface area contributed by atoms with Gasteiger partial charge in [0, 0.05) is 18.3 Å². The Morgan fingerprint density at radius 3 is 2.83 bits per heavy atom. The van der Waals surface area contributed by atoms with E-state index in [9.17, 15) is 0 Å². The predicted octanol–water partition coefficient (Wildman–Crippen LogP) is 2.18. The maximum absolute atomic E-state index is 5.30. The molecule has 8 heteroatoms. The number of nitrogens with zero attached hydrogens (tertiary/aromatic N) is 7. The van der Waals surface area contributed by atoms with Crippen molar-refractivity contribution in [3.63, 3.8) is 0 Å². The van der Waals surface area contributed by atoms with Gasteiger partial charge in [0.15, 0.2) is 0 Å². The molecule has 0 bridgehead atoms. The summed E-state index contributed by atoms with van der Waals surface area (Å²) in [6, 6.07) is 0. The second-order valence-electron chi connectivity index (χ2n) is 5.06. The molecule has 8 nitrogen and oxygen atoms in total. The molecule has 0 aliphatic heterocycles. The standard InChI is InChI=1S/C15H19N7O/c1-4-6-23-20-11(3)12-7-16-8-13-14(12)21(5-2)15(19-13)22-10-17-9-18-22/h7-10H,4-6H2,1-3H3. The molecular weight excluding hydrogens is 294 g/mol. The molecule has 0 aliphatic carbocycles. The molecule has 0 N–H and O–H groups in total. The maximum atomic E-state index is 5.30. The van der Waals surface area contributed by atoms with Crippen molar-refractivity contribution < 1.29 is 4.84 Å². The fourth-order valence-electron chi connectivity index (χ4n) is 2.41. The van der Waals surface area contributed by atoms with Crippen LogP contribution >= 0.6 is 0 Å². The van der Waals surface area contributed by atoms with Gasteiger partial charge in [-0.3, -0.25) is 4.98 Å². The van der Waals surface area contributed by atoms with Crippen molar-refractivity contribution in [2.24, 2.45) is 5.16 Å². The Hall–Kier alpha value is -2.77. The number of rotatable bonds is 6. The highest BCUT2D eigenvalue weighted by atomic mass is 16.6. The summed E-state index contributed by atoms with van der Waals surface area (Å²) >= 11 is 0. The molecule has 0 aromatic carbocycles. The molecule has 0 radical (unpaired) electrons. The zero-order chi connectivity index (χ0) is 16.2. The summed E-state index contributed by atoms with van der Waals surface area (Å²) in [6.45, 7) is 7.35. The molecule has 120 valence electrons. The van der Waals surface area contributed by atoms with Gasteiger partial charge in [-0.1, -0.05) is 12.1 Å². The monoisotopic (exact) mass is 313 g/mol. The Morgan fingerprint density at radius 1 is 1.26 bits per heavy atom. The molecular formula is C15H19N7O. The van der Waals surface area contributed by atoms with E-state index in [1.54, 1.807) is 23.4 Å². The number of pyridine rings is 1. The molecule has 23 heavy (non-hydrogen) atoms. The molecule has 0 spiro atoms. The van der Waals surface area contributed by atoms with E-state index >= 15 is 0 Å². The van der Waals surface area contributed by atoms with E-state index in [2.05, 4.69) is 36.7 Å². The zero-order valence-electron chi connectivity index (χ0n) is 13.5. The number of fused-ring (bicyclic) bond motifs is 1. The lowest BCUT2D eigenvalue weighted by atomic mass is 10.1. The SMILES string of the molecule is CCCON=C(C)c1cncc2nc(-n3cncn3)n(CC)c12. The first-order valence-electron chi connectivity index (χ1n) is 7.62. The van der Waals surface area contributed by atoms with Gasteiger partial charge in [-0.25, -0.2) is 9.97 Å². The Morgan fingerprint density at radius 2 is 2.13 bits per heavy atom. The van der Waals surface area contributed by atoms with Crippen LogP contribution in [-0.4, -0.2) is 41.6 Å². The van der Waals surface area contributed by atoms with Crippen LogP contribution in [0, 0.1) is 0 Å². The van der Waals surface area contributed by atoms with Crippen molar-refractivity contribution in [1.29, 1.82) is 0 Å². The lowest BCUT2D eigenvalue weighted by Gasteiger charge is -2.08. The van der Waals surface area contributed by atoms with Gasteiger partial charge in [0.2, 0.25) is 5.95 Å². The third kappa shape index (κ3) is 2.79. The number of imidazole rings is 1. The van der Waals surface area contributed by atoms with E-state index in [1.807, 2.05) is 13.8 Å². The van der Waals surface area contributed by atoms with Gasteiger partial charge in [-0.05, 0) is 20.3 Å². The normalized spacial score (nSPS) is 12.0. The minimum atomic E-state index is 0.595. The van der Waals surface area contributed by atoms with Gasteiger partial charge in [-0.2, -0.15) is 9.78 Å². The Kier molecular flexibility index (Phi) is 4.31. The number of hydrogen-bond acceptors (Lipinski definition) is 6.